The Morgan fingerprint density at radius 2 is 2.07 bits per heavy atom. The van der Waals surface area contributed by atoms with Gasteiger partial charge in [-0.15, -0.1) is 0 Å². The average Bonchev–Trinajstić information content (AvgIpc) is 2.93. The van der Waals surface area contributed by atoms with E-state index in [9.17, 15) is 4.39 Å². The summed E-state index contributed by atoms with van der Waals surface area (Å²) >= 11 is 3.25. The van der Waals surface area contributed by atoms with Gasteiger partial charge in [0.2, 0.25) is 0 Å². The zero-order valence-electron chi connectivity index (χ0n) is 8.98. The molecule has 2 rings (SSSR count). The fraction of sp³-hybridized carbons (Fsp3) is 0.500. The van der Waals surface area contributed by atoms with Crippen LogP contribution in [-0.2, 0) is 5.41 Å². The fourth-order valence-corrected chi connectivity index (χ4v) is 2.71. The largest absolute Gasteiger partial charge is 0.327 e. The maximum Gasteiger partial charge on any atom is 0.140 e. The minimum atomic E-state index is -0.167. The van der Waals surface area contributed by atoms with Crippen LogP contribution in [-0.4, -0.2) is 6.04 Å². The summed E-state index contributed by atoms with van der Waals surface area (Å²) in [6.07, 6.45) is 2.23. The summed E-state index contributed by atoms with van der Waals surface area (Å²) in [4.78, 5) is 0. The van der Waals surface area contributed by atoms with Crippen molar-refractivity contribution in [2.24, 2.45) is 5.73 Å². The molecular weight excluding hydrogens is 257 g/mol. The van der Waals surface area contributed by atoms with Gasteiger partial charge in [-0.25, -0.2) is 4.39 Å². The SMILES string of the molecule is Cc1cc(C2(C(C)N)CC2)cc(Br)c1F. The van der Waals surface area contributed by atoms with Crippen molar-refractivity contribution in [1.82, 2.24) is 0 Å². The summed E-state index contributed by atoms with van der Waals surface area (Å²) in [6, 6.07) is 3.93. The van der Waals surface area contributed by atoms with Crippen molar-refractivity contribution in [3.05, 3.63) is 33.5 Å². The molecule has 1 aliphatic carbocycles. The van der Waals surface area contributed by atoms with E-state index in [1.165, 1.54) is 5.56 Å². The Bertz CT molecular complexity index is 374. The third kappa shape index (κ3) is 1.72. The van der Waals surface area contributed by atoms with Crippen molar-refractivity contribution in [2.45, 2.75) is 38.1 Å². The van der Waals surface area contributed by atoms with Crippen LogP contribution < -0.4 is 5.73 Å². The molecule has 1 aromatic carbocycles. The molecule has 1 nitrogen and oxygen atoms in total. The normalized spacial score (nSPS) is 20.1. The Morgan fingerprint density at radius 3 is 2.47 bits per heavy atom. The lowest BCUT2D eigenvalue weighted by atomic mass is 9.88. The molecule has 1 fully saturated rings. The standard InChI is InChI=1S/C12H15BrFN/c1-7-5-9(6-10(13)11(7)14)12(3-4-12)8(2)15/h5-6,8H,3-4,15H2,1-2H3. The van der Waals surface area contributed by atoms with Crippen molar-refractivity contribution in [3.8, 4) is 0 Å². The van der Waals surface area contributed by atoms with Gasteiger partial charge in [-0.05, 0) is 59.8 Å². The van der Waals surface area contributed by atoms with Crippen molar-refractivity contribution < 1.29 is 4.39 Å². The Morgan fingerprint density at radius 1 is 1.47 bits per heavy atom. The van der Waals surface area contributed by atoms with E-state index in [2.05, 4.69) is 15.9 Å². The van der Waals surface area contributed by atoms with Crippen LogP contribution in [0.25, 0.3) is 0 Å². The molecule has 1 unspecified atom stereocenters. The molecule has 0 heterocycles. The molecule has 0 saturated heterocycles. The first kappa shape index (κ1) is 11.1. The fourth-order valence-electron chi connectivity index (χ4n) is 2.16. The van der Waals surface area contributed by atoms with Gasteiger partial charge in [0.25, 0.3) is 0 Å². The van der Waals surface area contributed by atoms with Crippen LogP contribution in [0, 0.1) is 12.7 Å². The highest BCUT2D eigenvalue weighted by atomic mass is 79.9. The topological polar surface area (TPSA) is 26.0 Å². The Kier molecular flexibility index (Phi) is 2.63. The number of benzene rings is 1. The van der Waals surface area contributed by atoms with Gasteiger partial charge < -0.3 is 5.73 Å². The van der Waals surface area contributed by atoms with Crippen LogP contribution in [0.4, 0.5) is 4.39 Å². The molecule has 1 aliphatic rings. The van der Waals surface area contributed by atoms with E-state index in [1.807, 2.05) is 19.1 Å². The first-order valence-electron chi connectivity index (χ1n) is 5.19. The second kappa shape index (κ2) is 3.56. The van der Waals surface area contributed by atoms with Crippen molar-refractivity contribution in [1.29, 1.82) is 0 Å². The average molecular weight is 272 g/mol. The first-order valence-corrected chi connectivity index (χ1v) is 5.98. The van der Waals surface area contributed by atoms with Gasteiger partial charge >= 0.3 is 0 Å². The molecule has 15 heavy (non-hydrogen) atoms. The van der Waals surface area contributed by atoms with E-state index < -0.39 is 0 Å². The summed E-state index contributed by atoms with van der Waals surface area (Å²) in [6.45, 7) is 3.82. The molecule has 0 aromatic heterocycles. The van der Waals surface area contributed by atoms with Crippen LogP contribution in [0.15, 0.2) is 16.6 Å². The molecular formula is C12H15BrFN. The van der Waals surface area contributed by atoms with Crippen LogP contribution in [0.2, 0.25) is 0 Å². The van der Waals surface area contributed by atoms with Gasteiger partial charge in [0.1, 0.15) is 5.82 Å². The molecule has 0 aliphatic heterocycles. The first-order chi connectivity index (χ1) is 6.97. The Balaban J connectivity index is 2.47. The summed E-state index contributed by atoms with van der Waals surface area (Å²) in [5.74, 6) is -0.167. The minimum absolute atomic E-state index is 0.0982. The molecule has 1 atom stereocenters. The molecule has 0 amide bonds. The van der Waals surface area contributed by atoms with Gasteiger partial charge in [-0.3, -0.25) is 0 Å². The smallest absolute Gasteiger partial charge is 0.140 e. The van der Waals surface area contributed by atoms with Gasteiger partial charge in [-0.2, -0.15) is 0 Å². The third-order valence-corrected chi connectivity index (χ3v) is 4.02. The van der Waals surface area contributed by atoms with E-state index >= 15 is 0 Å². The lowest BCUT2D eigenvalue weighted by Gasteiger charge is -2.21. The van der Waals surface area contributed by atoms with E-state index in [0.717, 1.165) is 12.8 Å². The predicted octanol–water partition coefficient (Wildman–Crippen LogP) is 3.28. The van der Waals surface area contributed by atoms with E-state index in [0.29, 0.717) is 10.0 Å². The van der Waals surface area contributed by atoms with E-state index in [4.69, 9.17) is 5.73 Å². The molecule has 0 spiro atoms. The third-order valence-electron chi connectivity index (χ3n) is 3.45. The molecule has 0 bridgehead atoms. The Labute approximate surface area is 98.0 Å². The van der Waals surface area contributed by atoms with Crippen LogP contribution >= 0.6 is 15.9 Å². The Hall–Kier alpha value is -0.410. The highest BCUT2D eigenvalue weighted by Gasteiger charge is 2.47. The number of aryl methyl sites for hydroxylation is 1. The molecule has 0 radical (unpaired) electrons. The summed E-state index contributed by atoms with van der Waals surface area (Å²) in [5.41, 5.74) is 7.95. The molecule has 82 valence electrons. The molecule has 2 N–H and O–H groups in total. The van der Waals surface area contributed by atoms with Gasteiger partial charge in [0, 0.05) is 11.5 Å². The minimum Gasteiger partial charge on any atom is -0.327 e. The van der Waals surface area contributed by atoms with E-state index in [1.54, 1.807) is 6.92 Å². The zero-order valence-corrected chi connectivity index (χ0v) is 10.6. The lowest BCUT2D eigenvalue weighted by molar-refractivity contribution is 0.551. The maximum atomic E-state index is 13.4. The van der Waals surface area contributed by atoms with E-state index in [-0.39, 0.29) is 17.3 Å². The lowest BCUT2D eigenvalue weighted by Crippen LogP contribution is -2.31. The predicted molar refractivity (Wildman–Crippen MR) is 63.4 cm³/mol. The van der Waals surface area contributed by atoms with Gasteiger partial charge in [0.05, 0.1) is 4.47 Å². The van der Waals surface area contributed by atoms with Crippen molar-refractivity contribution in [2.75, 3.05) is 0 Å². The van der Waals surface area contributed by atoms with Crippen molar-refractivity contribution >= 4 is 15.9 Å². The van der Waals surface area contributed by atoms with Gasteiger partial charge in [0.15, 0.2) is 0 Å². The van der Waals surface area contributed by atoms with Gasteiger partial charge in [-0.1, -0.05) is 6.07 Å². The van der Waals surface area contributed by atoms with Crippen LogP contribution in [0.1, 0.15) is 30.9 Å². The number of halogens is 2. The molecule has 1 saturated carbocycles. The number of rotatable bonds is 2. The second-order valence-electron chi connectivity index (χ2n) is 4.53. The second-order valence-corrected chi connectivity index (χ2v) is 5.39. The summed E-state index contributed by atoms with van der Waals surface area (Å²) < 4.78 is 14.0. The highest BCUT2D eigenvalue weighted by molar-refractivity contribution is 9.10. The summed E-state index contributed by atoms with van der Waals surface area (Å²) in [7, 11) is 0. The summed E-state index contributed by atoms with van der Waals surface area (Å²) in [5, 5.41) is 0. The van der Waals surface area contributed by atoms with Crippen LogP contribution in [0.3, 0.4) is 0 Å². The monoisotopic (exact) mass is 271 g/mol. The highest BCUT2D eigenvalue weighted by Crippen LogP contribution is 2.51. The number of nitrogens with two attached hydrogens (primary N) is 1. The number of hydrogen-bond donors (Lipinski definition) is 1. The number of hydrogen-bond acceptors (Lipinski definition) is 1. The van der Waals surface area contributed by atoms with Crippen molar-refractivity contribution in [3.63, 3.8) is 0 Å². The maximum absolute atomic E-state index is 13.4. The van der Waals surface area contributed by atoms with Crippen LogP contribution in [0.5, 0.6) is 0 Å². The molecule has 3 heteroatoms. The molecule has 1 aromatic rings. The quantitative estimate of drug-likeness (QED) is 0.878. The zero-order chi connectivity index (χ0) is 11.2.